The lowest BCUT2D eigenvalue weighted by atomic mass is 10.2. The summed E-state index contributed by atoms with van der Waals surface area (Å²) in [4.78, 5) is 14.9. The smallest absolute Gasteiger partial charge is 0.355 e. The Balaban J connectivity index is 3.16. The Morgan fingerprint density at radius 2 is 2.05 bits per heavy atom. The standard InChI is InChI=1S/C10H15N5O4S/c1-15(12)9(10(16)17)8(11)7-4-3-6(5-13-7)14-20(2,18)19/h3-5,14H,11-12H2,1-2H3,(H,16,17)/b9-8-. The number of hydrogen-bond acceptors (Lipinski definition) is 7. The zero-order chi connectivity index (χ0) is 15.5. The predicted octanol–water partition coefficient (Wildman–Crippen LogP) is -1.03. The van der Waals surface area contributed by atoms with Crippen LogP contribution in [0.4, 0.5) is 5.69 Å². The quantitative estimate of drug-likeness (QED) is 0.306. The van der Waals surface area contributed by atoms with Crippen LogP contribution in [-0.2, 0) is 14.8 Å². The van der Waals surface area contributed by atoms with Gasteiger partial charge in [0.2, 0.25) is 10.0 Å². The number of sulfonamides is 1. The van der Waals surface area contributed by atoms with Gasteiger partial charge in [0.15, 0.2) is 5.70 Å². The van der Waals surface area contributed by atoms with E-state index in [4.69, 9.17) is 16.7 Å². The van der Waals surface area contributed by atoms with E-state index in [1.807, 2.05) is 0 Å². The molecule has 9 nitrogen and oxygen atoms in total. The Kier molecular flexibility index (Phi) is 4.53. The van der Waals surface area contributed by atoms with E-state index in [1.54, 1.807) is 0 Å². The molecule has 0 unspecified atom stereocenters. The maximum atomic E-state index is 11.0. The predicted molar refractivity (Wildman–Crippen MR) is 73.4 cm³/mol. The first kappa shape index (κ1) is 15.7. The summed E-state index contributed by atoms with van der Waals surface area (Å²) in [7, 11) is -2.08. The van der Waals surface area contributed by atoms with E-state index >= 15 is 0 Å². The monoisotopic (exact) mass is 301 g/mol. The van der Waals surface area contributed by atoms with Crippen molar-refractivity contribution in [1.29, 1.82) is 0 Å². The molecule has 110 valence electrons. The molecule has 0 atom stereocenters. The molecule has 0 saturated heterocycles. The minimum atomic E-state index is -3.41. The minimum absolute atomic E-state index is 0.131. The van der Waals surface area contributed by atoms with Crippen molar-refractivity contribution in [2.75, 3.05) is 18.0 Å². The van der Waals surface area contributed by atoms with E-state index in [-0.39, 0.29) is 22.8 Å². The van der Waals surface area contributed by atoms with E-state index in [1.165, 1.54) is 25.4 Å². The van der Waals surface area contributed by atoms with Crippen LogP contribution in [0.15, 0.2) is 24.0 Å². The number of rotatable bonds is 5. The second kappa shape index (κ2) is 5.75. The van der Waals surface area contributed by atoms with Crippen molar-refractivity contribution in [3.63, 3.8) is 0 Å². The lowest BCUT2D eigenvalue weighted by Crippen LogP contribution is -2.32. The Bertz CT molecular complexity index is 636. The molecule has 0 radical (unpaired) electrons. The summed E-state index contributed by atoms with van der Waals surface area (Å²) in [6, 6.07) is 2.79. The molecule has 0 aliphatic carbocycles. The highest BCUT2D eigenvalue weighted by atomic mass is 32.2. The van der Waals surface area contributed by atoms with Gasteiger partial charge in [-0.05, 0) is 12.1 Å². The number of anilines is 1. The van der Waals surface area contributed by atoms with Crippen molar-refractivity contribution < 1.29 is 18.3 Å². The number of hydrogen-bond donors (Lipinski definition) is 4. The second-order valence-corrected chi connectivity index (χ2v) is 5.73. The zero-order valence-electron chi connectivity index (χ0n) is 10.9. The maximum Gasteiger partial charge on any atom is 0.355 e. The largest absolute Gasteiger partial charge is 0.476 e. The number of carboxylic acid groups (broad SMARTS) is 1. The molecule has 1 rings (SSSR count). The van der Waals surface area contributed by atoms with Crippen molar-refractivity contribution in [1.82, 2.24) is 9.99 Å². The van der Waals surface area contributed by atoms with E-state index in [2.05, 4.69) is 9.71 Å². The fraction of sp³-hybridized carbons (Fsp3) is 0.200. The van der Waals surface area contributed by atoms with Crippen LogP contribution in [0, 0.1) is 0 Å². The molecule has 1 heterocycles. The van der Waals surface area contributed by atoms with Gasteiger partial charge >= 0.3 is 5.97 Å². The van der Waals surface area contributed by atoms with Gasteiger partial charge in [0.25, 0.3) is 0 Å². The van der Waals surface area contributed by atoms with Gasteiger partial charge in [0, 0.05) is 7.05 Å². The summed E-state index contributed by atoms with van der Waals surface area (Å²) >= 11 is 0. The first-order chi connectivity index (χ1) is 9.11. The number of hydrazine groups is 1. The molecular weight excluding hydrogens is 286 g/mol. The summed E-state index contributed by atoms with van der Waals surface area (Å²) < 4.78 is 24.3. The molecule has 0 spiro atoms. The van der Waals surface area contributed by atoms with Gasteiger partial charge in [-0.1, -0.05) is 0 Å². The van der Waals surface area contributed by atoms with Crippen LogP contribution in [0.5, 0.6) is 0 Å². The molecular formula is C10H15N5O4S. The van der Waals surface area contributed by atoms with Crippen LogP contribution in [0.1, 0.15) is 5.69 Å². The molecule has 0 saturated carbocycles. The highest BCUT2D eigenvalue weighted by molar-refractivity contribution is 7.92. The number of pyridine rings is 1. The van der Waals surface area contributed by atoms with Crippen LogP contribution in [0.2, 0.25) is 0 Å². The number of aliphatic carboxylic acids is 1. The van der Waals surface area contributed by atoms with Gasteiger partial charge in [-0.25, -0.2) is 19.1 Å². The summed E-state index contributed by atoms with van der Waals surface area (Å²) in [5.41, 5.74) is 5.65. The fourth-order valence-electron chi connectivity index (χ4n) is 1.41. The molecule has 0 aromatic carbocycles. The first-order valence-corrected chi connectivity index (χ1v) is 7.16. The zero-order valence-corrected chi connectivity index (χ0v) is 11.7. The molecule has 0 aliphatic rings. The van der Waals surface area contributed by atoms with E-state index in [0.717, 1.165) is 11.3 Å². The number of carboxylic acids is 1. The van der Waals surface area contributed by atoms with Crippen LogP contribution in [0.3, 0.4) is 0 Å². The second-order valence-electron chi connectivity index (χ2n) is 3.98. The minimum Gasteiger partial charge on any atom is -0.476 e. The van der Waals surface area contributed by atoms with Gasteiger partial charge in [-0.15, -0.1) is 0 Å². The number of aromatic nitrogens is 1. The highest BCUT2D eigenvalue weighted by Gasteiger charge is 2.17. The molecule has 20 heavy (non-hydrogen) atoms. The van der Waals surface area contributed by atoms with Gasteiger partial charge in [0.1, 0.15) is 0 Å². The molecule has 6 N–H and O–H groups in total. The topological polar surface area (TPSA) is 152 Å². The summed E-state index contributed by atoms with van der Waals surface area (Å²) in [6.45, 7) is 0. The van der Waals surface area contributed by atoms with Gasteiger partial charge in [-0.3, -0.25) is 9.71 Å². The SMILES string of the molecule is CN(N)/C(C(=O)O)=C(\N)c1ccc(NS(C)(=O)=O)cn1. The number of likely N-dealkylation sites (N-methyl/N-ethyl adjacent to an activating group) is 1. The van der Waals surface area contributed by atoms with Crippen LogP contribution >= 0.6 is 0 Å². The number of nitrogens with zero attached hydrogens (tertiary/aromatic N) is 2. The third kappa shape index (κ3) is 4.10. The third-order valence-corrected chi connectivity index (χ3v) is 2.76. The van der Waals surface area contributed by atoms with Gasteiger partial charge < -0.3 is 15.8 Å². The average Bonchev–Trinajstić information content (AvgIpc) is 2.26. The Morgan fingerprint density at radius 1 is 1.45 bits per heavy atom. The molecule has 0 amide bonds. The molecule has 10 heteroatoms. The maximum absolute atomic E-state index is 11.0. The molecule has 0 fully saturated rings. The molecule has 0 aliphatic heterocycles. The number of carbonyl (C=O) groups is 1. The van der Waals surface area contributed by atoms with Crippen molar-refractivity contribution in [3.05, 3.63) is 29.7 Å². The lowest BCUT2D eigenvalue weighted by molar-refractivity contribution is -0.134. The van der Waals surface area contributed by atoms with Crippen molar-refractivity contribution in [2.45, 2.75) is 0 Å². The summed E-state index contributed by atoms with van der Waals surface area (Å²) in [5.74, 6) is 4.09. The first-order valence-electron chi connectivity index (χ1n) is 5.27. The fourth-order valence-corrected chi connectivity index (χ4v) is 1.95. The molecule has 0 bridgehead atoms. The summed E-state index contributed by atoms with van der Waals surface area (Å²) in [5, 5.41) is 9.87. The number of nitrogens with two attached hydrogens (primary N) is 2. The van der Waals surface area contributed by atoms with E-state index < -0.39 is 16.0 Å². The van der Waals surface area contributed by atoms with E-state index in [9.17, 15) is 13.2 Å². The lowest BCUT2D eigenvalue weighted by Gasteiger charge is -2.15. The van der Waals surface area contributed by atoms with Crippen molar-refractivity contribution in [2.24, 2.45) is 11.6 Å². The van der Waals surface area contributed by atoms with Crippen LogP contribution in [0.25, 0.3) is 5.70 Å². The Labute approximate surface area is 115 Å². The highest BCUT2D eigenvalue weighted by Crippen LogP contribution is 2.15. The number of nitrogens with one attached hydrogen (secondary N) is 1. The summed E-state index contributed by atoms with van der Waals surface area (Å²) in [6.07, 6.45) is 2.22. The molecule has 1 aromatic rings. The van der Waals surface area contributed by atoms with Crippen molar-refractivity contribution in [3.8, 4) is 0 Å². The van der Waals surface area contributed by atoms with E-state index in [0.29, 0.717) is 0 Å². The third-order valence-electron chi connectivity index (χ3n) is 2.15. The normalized spacial score (nSPS) is 12.6. The molecule has 1 aromatic heterocycles. The van der Waals surface area contributed by atoms with Gasteiger partial charge in [-0.2, -0.15) is 0 Å². The van der Waals surface area contributed by atoms with Gasteiger partial charge in [0.05, 0.1) is 29.5 Å². The average molecular weight is 301 g/mol. The Morgan fingerprint density at radius 3 is 2.40 bits per heavy atom. The van der Waals surface area contributed by atoms with Crippen LogP contribution in [-0.4, -0.2) is 42.8 Å². The Hall–Kier alpha value is -2.33. The van der Waals surface area contributed by atoms with Crippen LogP contribution < -0.4 is 16.3 Å². The van der Waals surface area contributed by atoms with Crippen molar-refractivity contribution >= 4 is 27.4 Å².